The minimum Gasteiger partial charge on any atom is -0.462 e. The summed E-state index contributed by atoms with van der Waals surface area (Å²) < 4.78 is 17.6. The lowest BCUT2D eigenvalue weighted by atomic mass is 9.38. The fourth-order valence-corrected chi connectivity index (χ4v) is 9.42. The van der Waals surface area contributed by atoms with Crippen molar-refractivity contribution in [3.05, 3.63) is 23.8 Å². The summed E-state index contributed by atoms with van der Waals surface area (Å²) in [6.45, 7) is 13.6. The fourth-order valence-electron chi connectivity index (χ4n) is 9.42. The van der Waals surface area contributed by atoms with Crippen molar-refractivity contribution in [3.8, 4) is 0 Å². The highest BCUT2D eigenvalue weighted by atomic mass is 16.7. The third kappa shape index (κ3) is 3.11. The van der Waals surface area contributed by atoms with E-state index in [9.17, 15) is 9.59 Å². The van der Waals surface area contributed by atoms with E-state index in [4.69, 9.17) is 14.2 Å². The van der Waals surface area contributed by atoms with E-state index in [1.165, 1.54) is 12.5 Å². The normalized spacial score (nSPS) is 49.1. The van der Waals surface area contributed by atoms with Crippen LogP contribution in [0.15, 0.2) is 23.8 Å². The van der Waals surface area contributed by atoms with Gasteiger partial charge in [0.25, 0.3) is 0 Å². The van der Waals surface area contributed by atoms with E-state index in [0.29, 0.717) is 17.8 Å². The van der Waals surface area contributed by atoms with E-state index in [1.54, 1.807) is 7.11 Å². The maximum Gasteiger partial charge on any atom is 0.302 e. The second-order valence-electron chi connectivity index (χ2n) is 12.9. The number of carbonyl (C=O) groups is 2. The average molecular weight is 471 g/mol. The molecule has 0 unspecified atom stereocenters. The Morgan fingerprint density at radius 2 is 1.85 bits per heavy atom. The highest BCUT2D eigenvalue weighted by Crippen LogP contribution is 2.72. The zero-order chi connectivity index (χ0) is 24.7. The van der Waals surface area contributed by atoms with Crippen molar-refractivity contribution in [3.63, 3.8) is 0 Å². The SMILES string of the molecule is CO[C@H]1C[C@@H]([C@@H]2CC=C3[C@@]4(C)[C@H](CC[C@]32C)[C@@]2(C)C=CC(=O)C(C)(C)[C@@H]2C[C@H]4OC(C)=O)CO1. The molecule has 0 N–H and O–H groups in total. The summed E-state index contributed by atoms with van der Waals surface area (Å²) in [6.07, 6.45) is 11.1. The Kier molecular flexibility index (Phi) is 5.54. The second kappa shape index (κ2) is 7.77. The molecule has 34 heavy (non-hydrogen) atoms. The van der Waals surface area contributed by atoms with Crippen LogP contribution in [-0.2, 0) is 23.8 Å². The van der Waals surface area contributed by atoms with Crippen LogP contribution in [-0.4, -0.2) is 37.9 Å². The quantitative estimate of drug-likeness (QED) is 0.403. The largest absolute Gasteiger partial charge is 0.462 e. The predicted molar refractivity (Wildman–Crippen MR) is 130 cm³/mol. The minimum absolute atomic E-state index is 0.0627. The zero-order valence-electron chi connectivity index (χ0n) is 22.0. The Hall–Kier alpha value is -1.46. The third-order valence-electron chi connectivity index (χ3n) is 11.1. The lowest BCUT2D eigenvalue weighted by Gasteiger charge is -2.66. The highest BCUT2D eigenvalue weighted by molar-refractivity contribution is 5.95. The van der Waals surface area contributed by atoms with E-state index in [2.05, 4.69) is 46.8 Å². The monoisotopic (exact) mass is 470 g/mol. The van der Waals surface area contributed by atoms with Crippen LogP contribution in [0.3, 0.4) is 0 Å². The summed E-state index contributed by atoms with van der Waals surface area (Å²) in [7, 11) is 1.73. The van der Waals surface area contributed by atoms with Crippen molar-refractivity contribution in [1.82, 2.24) is 0 Å². The van der Waals surface area contributed by atoms with Crippen LogP contribution < -0.4 is 0 Å². The number of fused-ring (bicyclic) bond motifs is 5. The Morgan fingerprint density at radius 3 is 2.50 bits per heavy atom. The number of allylic oxidation sites excluding steroid dienone is 3. The molecular formula is C29H42O5. The first-order valence-corrected chi connectivity index (χ1v) is 13.2. The molecule has 0 radical (unpaired) electrons. The molecule has 188 valence electrons. The van der Waals surface area contributed by atoms with Crippen molar-refractivity contribution >= 4 is 11.8 Å². The maximum absolute atomic E-state index is 12.9. The van der Waals surface area contributed by atoms with Gasteiger partial charge in [-0.25, -0.2) is 0 Å². The van der Waals surface area contributed by atoms with Crippen LogP contribution in [0.4, 0.5) is 0 Å². The summed E-state index contributed by atoms with van der Waals surface area (Å²) in [5.74, 6) is 1.43. The molecule has 0 bridgehead atoms. The van der Waals surface area contributed by atoms with Crippen LogP contribution in [0, 0.1) is 45.3 Å². The zero-order valence-corrected chi connectivity index (χ0v) is 22.0. The lowest BCUT2D eigenvalue weighted by molar-refractivity contribution is -0.188. The van der Waals surface area contributed by atoms with Crippen LogP contribution >= 0.6 is 0 Å². The Balaban J connectivity index is 1.57. The van der Waals surface area contributed by atoms with Gasteiger partial charge in [0.2, 0.25) is 0 Å². The van der Waals surface area contributed by atoms with Gasteiger partial charge < -0.3 is 14.2 Å². The van der Waals surface area contributed by atoms with Crippen molar-refractivity contribution < 1.29 is 23.8 Å². The molecule has 9 atom stereocenters. The van der Waals surface area contributed by atoms with Crippen LogP contribution in [0.5, 0.6) is 0 Å². The first-order valence-electron chi connectivity index (χ1n) is 13.2. The predicted octanol–water partition coefficient (Wildman–Crippen LogP) is 5.49. The summed E-state index contributed by atoms with van der Waals surface area (Å²) in [5.41, 5.74) is 0.719. The van der Waals surface area contributed by atoms with E-state index in [1.807, 2.05) is 6.08 Å². The van der Waals surface area contributed by atoms with Crippen LogP contribution in [0.1, 0.15) is 73.6 Å². The van der Waals surface area contributed by atoms with Gasteiger partial charge in [0.15, 0.2) is 12.1 Å². The van der Waals surface area contributed by atoms with Gasteiger partial charge >= 0.3 is 5.97 Å². The molecule has 5 rings (SSSR count). The molecular weight excluding hydrogens is 428 g/mol. The number of ether oxygens (including phenoxy) is 3. The summed E-state index contributed by atoms with van der Waals surface area (Å²) in [5, 5.41) is 0. The molecule has 4 aliphatic carbocycles. The number of carbonyl (C=O) groups excluding carboxylic acids is 2. The number of rotatable bonds is 3. The van der Waals surface area contributed by atoms with Gasteiger partial charge in [0.1, 0.15) is 6.10 Å². The van der Waals surface area contributed by atoms with E-state index < -0.39 is 5.41 Å². The average Bonchev–Trinajstić information content (AvgIpc) is 3.37. The molecule has 5 nitrogen and oxygen atoms in total. The third-order valence-corrected chi connectivity index (χ3v) is 11.1. The first-order chi connectivity index (χ1) is 15.9. The number of hydrogen-bond donors (Lipinski definition) is 0. The van der Waals surface area contributed by atoms with Crippen molar-refractivity contribution in [2.24, 2.45) is 45.3 Å². The second-order valence-corrected chi connectivity index (χ2v) is 12.9. The number of esters is 1. The summed E-state index contributed by atoms with van der Waals surface area (Å²) >= 11 is 0. The number of ketones is 1. The molecule has 0 amide bonds. The topological polar surface area (TPSA) is 61.8 Å². The Bertz CT molecular complexity index is 948. The van der Waals surface area contributed by atoms with E-state index in [0.717, 1.165) is 38.7 Å². The van der Waals surface area contributed by atoms with Crippen molar-refractivity contribution in [1.29, 1.82) is 0 Å². The molecule has 1 heterocycles. The van der Waals surface area contributed by atoms with Gasteiger partial charge in [-0.05, 0) is 66.3 Å². The summed E-state index contributed by atoms with van der Waals surface area (Å²) in [4.78, 5) is 25.3. The van der Waals surface area contributed by atoms with Gasteiger partial charge in [-0.2, -0.15) is 0 Å². The minimum atomic E-state index is -0.465. The molecule has 0 aromatic heterocycles. The van der Waals surface area contributed by atoms with E-state index >= 15 is 0 Å². The number of hydrogen-bond acceptors (Lipinski definition) is 5. The van der Waals surface area contributed by atoms with E-state index in [-0.39, 0.29) is 46.3 Å². The van der Waals surface area contributed by atoms with Gasteiger partial charge in [0, 0.05) is 31.3 Å². The molecule has 3 fully saturated rings. The Labute approximate surface area is 204 Å². The van der Waals surface area contributed by atoms with Crippen molar-refractivity contribution in [2.75, 3.05) is 13.7 Å². The standard InChI is InChI=1S/C29H42O5/c1-17(30)34-24-15-22-26(2,3)23(31)11-13-28(22,5)21-10-12-27(4)19(8-9-20(27)29(21,24)6)18-14-25(32-7)33-16-18/h9,11,13,18-19,21-22,24-25H,8,10,12,14-16H2,1-7H3/t18-,19+,21-,22+,24-,25-,27+,28-,29+/m1/s1. The lowest BCUT2D eigenvalue weighted by Crippen LogP contribution is -2.64. The molecule has 1 saturated heterocycles. The van der Waals surface area contributed by atoms with Crippen molar-refractivity contribution in [2.45, 2.75) is 86.0 Å². The van der Waals surface area contributed by atoms with Gasteiger partial charge in [-0.1, -0.05) is 52.3 Å². The Morgan fingerprint density at radius 1 is 1.12 bits per heavy atom. The van der Waals surface area contributed by atoms with Gasteiger partial charge in [-0.3, -0.25) is 9.59 Å². The van der Waals surface area contributed by atoms with Gasteiger partial charge in [-0.15, -0.1) is 0 Å². The molecule has 5 heteroatoms. The smallest absolute Gasteiger partial charge is 0.302 e. The van der Waals surface area contributed by atoms with Crippen LogP contribution in [0.25, 0.3) is 0 Å². The summed E-state index contributed by atoms with van der Waals surface area (Å²) in [6, 6.07) is 0. The molecule has 1 aliphatic heterocycles. The molecule has 0 aromatic rings. The highest BCUT2D eigenvalue weighted by Gasteiger charge is 2.68. The molecule has 2 saturated carbocycles. The molecule has 0 aromatic carbocycles. The van der Waals surface area contributed by atoms with Crippen LogP contribution in [0.2, 0.25) is 0 Å². The first kappa shape index (κ1) is 24.2. The number of methoxy groups -OCH3 is 1. The fraction of sp³-hybridized carbons (Fsp3) is 0.793. The van der Waals surface area contributed by atoms with Gasteiger partial charge in [0.05, 0.1) is 6.61 Å². The molecule has 0 spiro atoms. The molecule has 5 aliphatic rings. The maximum atomic E-state index is 12.9.